The van der Waals surface area contributed by atoms with E-state index in [0.717, 1.165) is 12.0 Å². The molecule has 53 heavy (non-hydrogen) atoms. The molecular weight excluding hydrogens is 719 g/mol. The zero-order chi connectivity index (χ0) is 37.8. The molecule has 1 fully saturated rings. The van der Waals surface area contributed by atoms with Crippen LogP contribution in [-0.4, -0.2) is 87.4 Å². The van der Waals surface area contributed by atoms with Crippen molar-refractivity contribution in [3.8, 4) is 39.4 Å². The van der Waals surface area contributed by atoms with Gasteiger partial charge in [-0.1, -0.05) is 65.7 Å². The van der Waals surface area contributed by atoms with Crippen LogP contribution in [0.1, 0.15) is 30.7 Å². The number of aliphatic hydroxyl groups is 1. The highest BCUT2D eigenvalue weighted by Gasteiger charge is 2.22. The van der Waals surface area contributed by atoms with Gasteiger partial charge in [0.15, 0.2) is 0 Å². The molecule has 1 saturated heterocycles. The highest BCUT2D eigenvalue weighted by Crippen LogP contribution is 2.42. The number of hydrogen-bond acceptors (Lipinski definition) is 9. The number of carbonyl (C=O) groups excluding carboxylic acids is 2. The largest absolute Gasteiger partial charge is 0.481 e. The molecule has 2 aromatic carbocycles. The molecule has 4 heterocycles. The second kappa shape index (κ2) is 16.5. The van der Waals surface area contributed by atoms with Crippen LogP contribution in [-0.2, 0) is 29.7 Å². The Morgan fingerprint density at radius 2 is 1.74 bits per heavy atom. The summed E-state index contributed by atoms with van der Waals surface area (Å²) in [6, 6.07) is 17.1. The van der Waals surface area contributed by atoms with Crippen LogP contribution >= 0.6 is 23.2 Å². The van der Waals surface area contributed by atoms with Gasteiger partial charge >= 0.3 is 0 Å². The summed E-state index contributed by atoms with van der Waals surface area (Å²) in [4.78, 5) is 43.0. The molecule has 0 saturated carbocycles. The van der Waals surface area contributed by atoms with Crippen LogP contribution in [0.4, 0.5) is 0 Å². The molecule has 6 rings (SSSR count). The van der Waals surface area contributed by atoms with Crippen LogP contribution in [0.5, 0.6) is 5.88 Å². The van der Waals surface area contributed by atoms with Gasteiger partial charge in [0, 0.05) is 92.8 Å². The molecule has 0 spiro atoms. The van der Waals surface area contributed by atoms with E-state index in [0.29, 0.717) is 80.3 Å². The summed E-state index contributed by atoms with van der Waals surface area (Å²) in [7, 11) is 6.49. The first-order chi connectivity index (χ1) is 25.4. The molecule has 1 aliphatic heterocycles. The normalized spacial score (nSPS) is 14.8. The first-order valence-corrected chi connectivity index (χ1v) is 18.0. The molecule has 0 aliphatic carbocycles. The summed E-state index contributed by atoms with van der Waals surface area (Å²) >= 11 is 14.2. The van der Waals surface area contributed by atoms with E-state index in [4.69, 9.17) is 32.9 Å². The number of hydrogen-bond donors (Lipinski definition) is 4. The Balaban J connectivity index is 1.22. The van der Waals surface area contributed by atoms with Crippen LogP contribution in [0.25, 0.3) is 39.0 Å². The van der Waals surface area contributed by atoms with Gasteiger partial charge in [0.1, 0.15) is 11.3 Å². The number of aromatic nitrogens is 4. The Morgan fingerprint density at radius 3 is 2.42 bits per heavy atom. The first-order valence-electron chi connectivity index (χ1n) is 17.2. The minimum Gasteiger partial charge on any atom is -0.481 e. The number of nitrogens with zero attached hydrogens (tertiary/aromatic N) is 5. The van der Waals surface area contributed by atoms with Gasteiger partial charge in [-0.25, -0.2) is 9.50 Å². The smallest absolute Gasteiger partial charge is 0.277 e. The maximum Gasteiger partial charge on any atom is 0.277 e. The summed E-state index contributed by atoms with van der Waals surface area (Å²) < 4.78 is 8.62. The monoisotopic (exact) mass is 760 g/mol. The third kappa shape index (κ3) is 8.40. The van der Waals surface area contributed by atoms with E-state index in [9.17, 15) is 19.5 Å². The van der Waals surface area contributed by atoms with Crippen molar-refractivity contribution in [2.75, 3.05) is 34.3 Å². The summed E-state index contributed by atoms with van der Waals surface area (Å²) in [5.41, 5.74) is 5.14. The lowest BCUT2D eigenvalue weighted by atomic mass is 9.97. The number of amides is 2. The van der Waals surface area contributed by atoms with E-state index in [1.165, 1.54) is 14.0 Å². The molecule has 0 radical (unpaired) electrons. The Morgan fingerprint density at radius 1 is 1.04 bits per heavy atom. The molecule has 0 unspecified atom stereocenters. The summed E-state index contributed by atoms with van der Waals surface area (Å²) in [5.74, 6) is 0.832. The van der Waals surface area contributed by atoms with Crippen molar-refractivity contribution in [2.24, 2.45) is 7.05 Å². The van der Waals surface area contributed by atoms with Crippen LogP contribution in [0.2, 0.25) is 10.0 Å². The van der Waals surface area contributed by atoms with Crippen LogP contribution in [0.3, 0.4) is 0 Å². The van der Waals surface area contributed by atoms with Gasteiger partial charge < -0.3 is 30.7 Å². The molecular formula is C38H42Cl2N8O5. The minimum absolute atomic E-state index is 0.0108. The molecule has 1 aliphatic rings. The molecule has 278 valence electrons. The van der Waals surface area contributed by atoms with Crippen molar-refractivity contribution in [3.05, 3.63) is 92.6 Å². The number of benzene rings is 2. The van der Waals surface area contributed by atoms with Crippen LogP contribution in [0, 0.1) is 0 Å². The van der Waals surface area contributed by atoms with Crippen molar-refractivity contribution in [3.63, 3.8) is 0 Å². The summed E-state index contributed by atoms with van der Waals surface area (Å²) in [6.07, 6.45) is 2.24. The predicted molar refractivity (Wildman–Crippen MR) is 205 cm³/mol. The molecule has 4 N–H and O–H groups in total. The lowest BCUT2D eigenvalue weighted by molar-refractivity contribution is -0.130. The van der Waals surface area contributed by atoms with Gasteiger partial charge in [0.2, 0.25) is 17.7 Å². The fourth-order valence-electron chi connectivity index (χ4n) is 6.33. The van der Waals surface area contributed by atoms with Crippen LogP contribution in [0.15, 0.2) is 65.6 Å². The molecule has 13 nitrogen and oxygen atoms in total. The summed E-state index contributed by atoms with van der Waals surface area (Å²) in [6.45, 7) is 1.55. The third-order valence-electron chi connectivity index (χ3n) is 9.30. The van der Waals surface area contributed by atoms with Gasteiger partial charge in [-0.3, -0.25) is 19.0 Å². The highest BCUT2D eigenvalue weighted by atomic mass is 35.5. The van der Waals surface area contributed by atoms with Crippen LogP contribution < -0.4 is 26.2 Å². The standard InChI is InChI=1S/C38H42Cl2N8O5/c1-46(2)34(51)16-25(49)19-42-20-32-45-48-21-23(15-31(48)38(52)47(32)3)26-7-5-8-27(35(26)39)28-9-6-10-29(36(28)40)30-13-11-22(37(44-30)53-4)17-41-18-24-12-14-33(50)43-24/h5-11,13,15,21,24-25,41-42,49H,12,14,16-20H2,1-4H3,(H,43,50)/t24-,25-/m0/s1. The fraction of sp³-hybridized carbons (Fsp3) is 0.342. The number of ether oxygens (including phenoxy) is 1. The number of nitrogens with one attached hydrogen (secondary N) is 3. The van der Waals surface area contributed by atoms with Gasteiger partial charge in [-0.15, -0.1) is 0 Å². The number of rotatable bonds is 14. The number of aliphatic hydroxyl groups excluding tert-OH is 1. The maximum absolute atomic E-state index is 13.4. The van der Waals surface area contributed by atoms with E-state index in [2.05, 4.69) is 21.0 Å². The predicted octanol–water partition coefficient (Wildman–Crippen LogP) is 4.04. The summed E-state index contributed by atoms with van der Waals surface area (Å²) in [5, 5.41) is 25.2. The quantitative estimate of drug-likeness (QED) is 0.131. The number of fused-ring (bicyclic) bond motifs is 1. The SMILES string of the molecule is COc1nc(-c2cccc(-c3cccc(-c4cc5c(=O)n(C)c(CNC[C@@H](O)CC(=O)N(C)C)nn5c4)c3Cl)c2Cl)ccc1CNC[C@@H]1CCC(=O)N1. The lowest BCUT2D eigenvalue weighted by Crippen LogP contribution is -2.35. The number of methoxy groups -OCH3 is 1. The van der Waals surface area contributed by atoms with E-state index in [-0.39, 0.29) is 42.9 Å². The molecule has 0 bridgehead atoms. The second-order valence-corrected chi connectivity index (χ2v) is 14.0. The maximum atomic E-state index is 13.4. The van der Waals surface area contributed by atoms with E-state index in [1.54, 1.807) is 40.5 Å². The molecule has 2 atom stereocenters. The van der Waals surface area contributed by atoms with Crippen molar-refractivity contribution in [2.45, 2.75) is 44.5 Å². The van der Waals surface area contributed by atoms with Crippen molar-refractivity contribution in [1.29, 1.82) is 0 Å². The fourth-order valence-corrected chi connectivity index (χ4v) is 6.99. The average molecular weight is 762 g/mol. The number of pyridine rings is 1. The second-order valence-electron chi connectivity index (χ2n) is 13.2. The molecule has 2 amide bonds. The Labute approximate surface area is 316 Å². The molecule has 3 aromatic heterocycles. The Kier molecular flexibility index (Phi) is 11.8. The lowest BCUT2D eigenvalue weighted by Gasteiger charge is -2.15. The van der Waals surface area contributed by atoms with Crippen molar-refractivity contribution < 1.29 is 19.4 Å². The first kappa shape index (κ1) is 38.0. The number of carbonyl (C=O) groups is 2. The average Bonchev–Trinajstić information content (AvgIpc) is 3.76. The zero-order valence-corrected chi connectivity index (χ0v) is 31.5. The van der Waals surface area contributed by atoms with Crippen molar-refractivity contribution >= 4 is 40.5 Å². The van der Waals surface area contributed by atoms with E-state index >= 15 is 0 Å². The van der Waals surface area contributed by atoms with E-state index in [1.807, 2.05) is 48.5 Å². The van der Waals surface area contributed by atoms with Gasteiger partial charge in [-0.05, 0) is 18.6 Å². The third-order valence-corrected chi connectivity index (χ3v) is 10.1. The Hall–Kier alpha value is -4.79. The van der Waals surface area contributed by atoms with Crippen molar-refractivity contribution in [1.82, 2.24) is 40.0 Å². The van der Waals surface area contributed by atoms with Gasteiger partial charge in [0.05, 0.1) is 41.9 Å². The molecule has 15 heteroatoms. The Bertz CT molecular complexity index is 2220. The highest BCUT2D eigenvalue weighted by molar-refractivity contribution is 6.39. The number of halogens is 2. The van der Waals surface area contributed by atoms with E-state index < -0.39 is 6.10 Å². The van der Waals surface area contributed by atoms with Gasteiger partial charge in [0.25, 0.3) is 5.56 Å². The topological polar surface area (TPSA) is 155 Å². The zero-order valence-electron chi connectivity index (χ0n) is 30.0. The minimum atomic E-state index is -0.876. The van der Waals surface area contributed by atoms with Gasteiger partial charge in [-0.2, -0.15) is 5.10 Å². The molecule has 5 aromatic rings.